The summed E-state index contributed by atoms with van der Waals surface area (Å²) in [5, 5.41) is 2.66. The van der Waals surface area contributed by atoms with Crippen molar-refractivity contribution in [2.75, 3.05) is 65.9 Å². The number of nitrogens with one attached hydrogen (secondary N) is 1. The Labute approximate surface area is 131 Å². The van der Waals surface area contributed by atoms with Crippen molar-refractivity contribution in [1.82, 2.24) is 5.32 Å². The molecule has 130 valence electrons. The fraction of sp³-hybridized carbons (Fsp3) is 0.857. The van der Waals surface area contributed by atoms with Gasteiger partial charge in [0, 0.05) is 19.8 Å². The second kappa shape index (κ2) is 18.0. The Balaban J connectivity index is 3.08. The fourth-order valence-corrected chi connectivity index (χ4v) is 1.38. The van der Waals surface area contributed by atoms with Crippen LogP contribution in [0.3, 0.4) is 0 Å². The van der Waals surface area contributed by atoms with Gasteiger partial charge in [-0.3, -0.25) is 4.79 Å². The summed E-state index contributed by atoms with van der Waals surface area (Å²) in [6, 6.07) is 0. The number of nitrogens with two attached hydrogens (primary N) is 1. The lowest BCUT2D eigenvalue weighted by molar-refractivity contribution is -0.126. The van der Waals surface area contributed by atoms with Crippen molar-refractivity contribution in [3.8, 4) is 0 Å². The van der Waals surface area contributed by atoms with E-state index in [0.29, 0.717) is 65.4 Å². The number of ether oxygens (including phenoxy) is 4. The summed E-state index contributed by atoms with van der Waals surface area (Å²) in [5.41, 5.74) is 5.33. The predicted octanol–water partition coefficient (Wildman–Crippen LogP) is -0.893. The minimum absolute atomic E-state index is 0.0609. The Morgan fingerprint density at radius 3 is 2.09 bits per heavy atom. The molecule has 22 heavy (non-hydrogen) atoms. The quantitative estimate of drug-likeness (QED) is 0.264. The van der Waals surface area contributed by atoms with E-state index in [1.165, 1.54) is 0 Å². The van der Waals surface area contributed by atoms with E-state index in [1.54, 1.807) is 0 Å². The van der Waals surface area contributed by atoms with E-state index in [0.717, 1.165) is 6.42 Å². The van der Waals surface area contributed by atoms with E-state index < -0.39 is 0 Å². The monoisotopic (exact) mass is 320 g/mol. The van der Waals surface area contributed by atoms with Crippen molar-refractivity contribution >= 4 is 12.2 Å². The van der Waals surface area contributed by atoms with Crippen LogP contribution in [0.1, 0.15) is 12.8 Å². The standard InChI is InChI=1S/C14H28N2O6/c15-3-1-6-19-9-11-21-12-10-20-7-2-4-16-14(18)13-22-8-5-17/h5H,1-4,6-13,15H2,(H,16,18). The summed E-state index contributed by atoms with van der Waals surface area (Å²) in [4.78, 5) is 21.2. The topological polar surface area (TPSA) is 109 Å². The highest BCUT2D eigenvalue weighted by Gasteiger charge is 1.99. The first-order valence-electron chi connectivity index (χ1n) is 7.52. The molecule has 0 spiro atoms. The molecule has 0 fully saturated rings. The summed E-state index contributed by atoms with van der Waals surface area (Å²) in [7, 11) is 0. The van der Waals surface area contributed by atoms with Crippen molar-refractivity contribution < 1.29 is 28.5 Å². The van der Waals surface area contributed by atoms with Gasteiger partial charge in [-0.05, 0) is 19.4 Å². The van der Waals surface area contributed by atoms with Gasteiger partial charge in [0.05, 0.1) is 26.4 Å². The molecule has 0 rings (SSSR count). The Bertz CT molecular complexity index is 266. The molecule has 0 radical (unpaired) electrons. The summed E-state index contributed by atoms with van der Waals surface area (Å²) >= 11 is 0. The molecule has 8 heteroatoms. The van der Waals surface area contributed by atoms with Gasteiger partial charge in [-0.15, -0.1) is 0 Å². The molecule has 0 aliphatic heterocycles. The van der Waals surface area contributed by atoms with Crippen molar-refractivity contribution in [1.29, 1.82) is 0 Å². The normalized spacial score (nSPS) is 10.6. The highest BCUT2D eigenvalue weighted by atomic mass is 16.5. The number of carbonyl (C=O) groups excluding carboxylic acids is 2. The number of hydrogen-bond acceptors (Lipinski definition) is 7. The molecule has 0 aromatic heterocycles. The van der Waals surface area contributed by atoms with E-state index in [4.69, 9.17) is 24.7 Å². The maximum absolute atomic E-state index is 11.2. The van der Waals surface area contributed by atoms with E-state index in [1.807, 2.05) is 0 Å². The molecule has 0 aliphatic rings. The van der Waals surface area contributed by atoms with Crippen molar-refractivity contribution in [2.24, 2.45) is 5.73 Å². The van der Waals surface area contributed by atoms with Gasteiger partial charge in [0.1, 0.15) is 19.5 Å². The zero-order valence-electron chi connectivity index (χ0n) is 13.1. The zero-order valence-corrected chi connectivity index (χ0v) is 13.1. The number of rotatable bonds is 17. The van der Waals surface area contributed by atoms with Crippen LogP contribution in [0, 0.1) is 0 Å². The van der Waals surface area contributed by atoms with Crippen molar-refractivity contribution in [3.05, 3.63) is 0 Å². The van der Waals surface area contributed by atoms with Crippen LogP contribution >= 0.6 is 0 Å². The molecule has 0 heterocycles. The molecular weight excluding hydrogens is 292 g/mol. The van der Waals surface area contributed by atoms with Crippen molar-refractivity contribution in [3.63, 3.8) is 0 Å². The second-order valence-corrected chi connectivity index (χ2v) is 4.36. The largest absolute Gasteiger partial charge is 0.379 e. The number of carbonyl (C=O) groups is 2. The van der Waals surface area contributed by atoms with Gasteiger partial charge >= 0.3 is 0 Å². The van der Waals surface area contributed by atoms with Crippen LogP contribution in [-0.2, 0) is 28.5 Å². The predicted molar refractivity (Wildman–Crippen MR) is 80.6 cm³/mol. The van der Waals surface area contributed by atoms with E-state index >= 15 is 0 Å². The van der Waals surface area contributed by atoms with Gasteiger partial charge in [0.15, 0.2) is 0 Å². The molecular formula is C14H28N2O6. The third-order valence-electron chi connectivity index (χ3n) is 2.44. The zero-order chi connectivity index (χ0) is 16.3. The molecule has 3 N–H and O–H groups in total. The summed E-state index contributed by atoms with van der Waals surface area (Å²) in [6.07, 6.45) is 2.18. The Morgan fingerprint density at radius 1 is 0.909 bits per heavy atom. The van der Waals surface area contributed by atoms with Gasteiger partial charge in [-0.1, -0.05) is 0 Å². The average Bonchev–Trinajstić information content (AvgIpc) is 2.52. The smallest absolute Gasteiger partial charge is 0.246 e. The Kier molecular flexibility index (Phi) is 17.1. The lowest BCUT2D eigenvalue weighted by atomic mass is 10.4. The molecule has 0 aromatic rings. The summed E-state index contributed by atoms with van der Waals surface area (Å²) < 4.78 is 20.7. The highest BCUT2D eigenvalue weighted by molar-refractivity contribution is 5.77. The minimum Gasteiger partial charge on any atom is -0.379 e. The molecule has 0 unspecified atom stereocenters. The molecule has 0 aliphatic carbocycles. The number of aldehydes is 1. The van der Waals surface area contributed by atoms with Crippen LogP contribution in [0.25, 0.3) is 0 Å². The molecule has 0 bridgehead atoms. The van der Waals surface area contributed by atoms with E-state index in [-0.39, 0.29) is 19.1 Å². The van der Waals surface area contributed by atoms with Crippen LogP contribution in [-0.4, -0.2) is 78.1 Å². The van der Waals surface area contributed by atoms with Crippen LogP contribution < -0.4 is 11.1 Å². The first kappa shape index (κ1) is 20.9. The number of hydrogen-bond donors (Lipinski definition) is 2. The molecule has 0 saturated heterocycles. The van der Waals surface area contributed by atoms with Crippen LogP contribution in [0.15, 0.2) is 0 Å². The first-order chi connectivity index (χ1) is 10.8. The van der Waals surface area contributed by atoms with Crippen LogP contribution in [0.2, 0.25) is 0 Å². The average molecular weight is 320 g/mol. The van der Waals surface area contributed by atoms with Gasteiger partial charge < -0.3 is 34.8 Å². The van der Waals surface area contributed by atoms with E-state index in [2.05, 4.69) is 5.32 Å². The van der Waals surface area contributed by atoms with Crippen LogP contribution in [0.4, 0.5) is 0 Å². The highest BCUT2D eigenvalue weighted by Crippen LogP contribution is 1.85. The van der Waals surface area contributed by atoms with Crippen molar-refractivity contribution in [2.45, 2.75) is 12.8 Å². The third kappa shape index (κ3) is 17.0. The minimum atomic E-state index is -0.236. The first-order valence-corrected chi connectivity index (χ1v) is 7.52. The summed E-state index contributed by atoms with van der Waals surface area (Å²) in [6.45, 7) is 4.36. The Morgan fingerprint density at radius 2 is 1.50 bits per heavy atom. The summed E-state index contributed by atoms with van der Waals surface area (Å²) in [5.74, 6) is -0.236. The molecule has 8 nitrogen and oxygen atoms in total. The molecule has 1 amide bonds. The third-order valence-corrected chi connectivity index (χ3v) is 2.44. The van der Waals surface area contributed by atoms with Gasteiger partial charge in [-0.2, -0.15) is 0 Å². The SMILES string of the molecule is NCCCOCCOCCOCCCNC(=O)COCC=O. The van der Waals surface area contributed by atoms with Crippen LogP contribution in [0.5, 0.6) is 0 Å². The maximum atomic E-state index is 11.2. The molecule has 0 saturated carbocycles. The van der Waals surface area contributed by atoms with E-state index in [9.17, 15) is 9.59 Å². The lowest BCUT2D eigenvalue weighted by Crippen LogP contribution is -2.29. The number of amides is 1. The van der Waals surface area contributed by atoms with Gasteiger partial charge in [-0.25, -0.2) is 0 Å². The fourth-order valence-electron chi connectivity index (χ4n) is 1.38. The molecule has 0 aromatic carbocycles. The van der Waals surface area contributed by atoms with Gasteiger partial charge in [0.2, 0.25) is 5.91 Å². The Hall–Kier alpha value is -1.06. The molecule has 0 atom stereocenters. The second-order valence-electron chi connectivity index (χ2n) is 4.36. The maximum Gasteiger partial charge on any atom is 0.246 e. The van der Waals surface area contributed by atoms with Gasteiger partial charge in [0.25, 0.3) is 0 Å². The lowest BCUT2D eigenvalue weighted by Gasteiger charge is -2.07.